The zero-order valence-electron chi connectivity index (χ0n) is 14.2. The minimum Gasteiger partial charge on any atom is -0.394 e. The smallest absolute Gasteiger partial charge is 0.280 e. The van der Waals surface area contributed by atoms with Crippen molar-refractivity contribution in [1.29, 1.82) is 0 Å². The van der Waals surface area contributed by atoms with Gasteiger partial charge in [-0.15, -0.1) is 0 Å². The minimum atomic E-state index is -0.386. The average molecular weight is 327 g/mol. The highest BCUT2D eigenvalue weighted by Gasteiger charge is 2.08. The Morgan fingerprint density at radius 1 is 1.43 bits per heavy atom. The highest BCUT2D eigenvalue weighted by molar-refractivity contribution is 5.70. The second-order valence-corrected chi connectivity index (χ2v) is 6.11. The van der Waals surface area contributed by atoms with Crippen LogP contribution in [-0.2, 0) is 11.5 Å². The van der Waals surface area contributed by atoms with Gasteiger partial charge in [0.05, 0.1) is 47.2 Å². The molecule has 0 aliphatic rings. The number of rotatable bonds is 6. The summed E-state index contributed by atoms with van der Waals surface area (Å²) < 4.78 is 7.73. The van der Waals surface area contributed by atoms with Crippen molar-refractivity contribution in [3.63, 3.8) is 0 Å². The van der Waals surface area contributed by atoms with E-state index in [4.69, 9.17) is 15.6 Å². The Morgan fingerprint density at radius 3 is 2.65 bits per heavy atom. The number of nitrogen functional groups attached to an aromatic ring is 1. The van der Waals surface area contributed by atoms with Crippen molar-refractivity contribution in [2.75, 3.05) is 46.6 Å². The molecule has 0 radical (unpaired) electrons. The first-order valence-corrected chi connectivity index (χ1v) is 7.48. The summed E-state index contributed by atoms with van der Waals surface area (Å²) in [6.07, 6.45) is 2.72. The van der Waals surface area contributed by atoms with Crippen LogP contribution in [0, 0.1) is 0 Å². The number of nitrogens with one attached hydrogen (secondary N) is 1. The molecule has 0 unspecified atom stereocenters. The summed E-state index contributed by atoms with van der Waals surface area (Å²) in [6.45, 7) is 3.79. The van der Waals surface area contributed by atoms with Gasteiger partial charge >= 0.3 is 0 Å². The van der Waals surface area contributed by atoms with Gasteiger partial charge in [-0.05, 0) is 6.42 Å². The fourth-order valence-corrected chi connectivity index (χ4v) is 1.96. The van der Waals surface area contributed by atoms with Gasteiger partial charge in [-0.1, -0.05) is 6.92 Å². The molecule has 23 heavy (non-hydrogen) atoms. The largest absolute Gasteiger partial charge is 0.394 e. The third-order valence-corrected chi connectivity index (χ3v) is 2.85. The SMILES string of the molecule is CCC[N+](C)(C)C.Nc1nc2c(ncn2COCCO)c(=O)[nH]1. The molecule has 2 heterocycles. The van der Waals surface area contributed by atoms with Crippen molar-refractivity contribution >= 4 is 17.1 Å². The molecule has 9 nitrogen and oxygen atoms in total. The molecule has 130 valence electrons. The second kappa shape index (κ2) is 8.61. The first kappa shape index (κ1) is 19.1. The lowest BCUT2D eigenvalue weighted by molar-refractivity contribution is -0.870. The molecular weight excluding hydrogens is 300 g/mol. The van der Waals surface area contributed by atoms with Crippen molar-refractivity contribution in [3.05, 3.63) is 16.7 Å². The molecule has 2 aromatic rings. The summed E-state index contributed by atoms with van der Waals surface area (Å²) in [6, 6.07) is 0. The molecule has 0 atom stereocenters. The van der Waals surface area contributed by atoms with Crippen LogP contribution in [0.3, 0.4) is 0 Å². The number of H-pyrrole nitrogens is 1. The third-order valence-electron chi connectivity index (χ3n) is 2.85. The minimum absolute atomic E-state index is 0.0291. The van der Waals surface area contributed by atoms with E-state index in [0.717, 1.165) is 4.48 Å². The Morgan fingerprint density at radius 2 is 2.13 bits per heavy atom. The summed E-state index contributed by atoms with van der Waals surface area (Å²) in [5.41, 5.74) is 5.60. The molecule has 2 rings (SSSR count). The Hall–Kier alpha value is -1.97. The van der Waals surface area contributed by atoms with Crippen LogP contribution in [0.4, 0.5) is 5.95 Å². The molecule has 4 N–H and O–H groups in total. The van der Waals surface area contributed by atoms with E-state index < -0.39 is 0 Å². The molecule has 0 saturated heterocycles. The molecular formula is C14H27N6O3+. The number of quaternary nitrogens is 1. The van der Waals surface area contributed by atoms with Gasteiger partial charge in [0.1, 0.15) is 6.73 Å². The molecule has 0 aliphatic carbocycles. The maximum Gasteiger partial charge on any atom is 0.280 e. The first-order chi connectivity index (χ1) is 10.8. The first-order valence-electron chi connectivity index (χ1n) is 7.48. The molecule has 0 aromatic carbocycles. The van der Waals surface area contributed by atoms with Crippen molar-refractivity contribution in [2.24, 2.45) is 0 Å². The molecule has 9 heteroatoms. The van der Waals surface area contributed by atoms with Gasteiger partial charge in [0, 0.05) is 0 Å². The number of aromatic amines is 1. The monoisotopic (exact) mass is 327 g/mol. The predicted molar refractivity (Wildman–Crippen MR) is 88.8 cm³/mol. The van der Waals surface area contributed by atoms with E-state index in [1.54, 1.807) is 0 Å². The number of aromatic nitrogens is 4. The maximum absolute atomic E-state index is 11.4. The van der Waals surface area contributed by atoms with Crippen LogP contribution in [0.25, 0.3) is 11.2 Å². The normalized spacial score (nSPS) is 11.3. The van der Waals surface area contributed by atoms with Crippen LogP contribution >= 0.6 is 0 Å². The van der Waals surface area contributed by atoms with Gasteiger partial charge in [0.25, 0.3) is 5.56 Å². The summed E-state index contributed by atoms with van der Waals surface area (Å²) in [4.78, 5) is 21.6. The van der Waals surface area contributed by atoms with Crippen LogP contribution in [-0.4, -0.2) is 70.0 Å². The number of aliphatic hydroxyl groups excluding tert-OH is 1. The molecule has 0 spiro atoms. The maximum atomic E-state index is 11.4. The lowest BCUT2D eigenvalue weighted by atomic mass is 10.4. The van der Waals surface area contributed by atoms with E-state index in [-0.39, 0.29) is 37.0 Å². The van der Waals surface area contributed by atoms with Gasteiger partial charge in [-0.3, -0.25) is 14.3 Å². The Bertz CT molecular complexity index is 659. The molecule has 0 fully saturated rings. The Kier molecular flexibility index (Phi) is 7.14. The van der Waals surface area contributed by atoms with Crippen molar-refractivity contribution in [1.82, 2.24) is 19.5 Å². The summed E-state index contributed by atoms with van der Waals surface area (Å²) in [5, 5.41) is 8.56. The number of aliphatic hydroxyl groups is 1. The summed E-state index contributed by atoms with van der Waals surface area (Å²) >= 11 is 0. The van der Waals surface area contributed by atoms with Crippen molar-refractivity contribution < 1.29 is 14.3 Å². The zero-order valence-corrected chi connectivity index (χ0v) is 14.2. The van der Waals surface area contributed by atoms with Crippen LogP contribution in [0.2, 0.25) is 0 Å². The van der Waals surface area contributed by atoms with Crippen molar-refractivity contribution in [2.45, 2.75) is 20.1 Å². The van der Waals surface area contributed by atoms with Gasteiger partial charge in [0.2, 0.25) is 5.95 Å². The zero-order chi connectivity index (χ0) is 17.5. The lowest BCUT2D eigenvalue weighted by Crippen LogP contribution is -2.34. The topological polar surface area (TPSA) is 119 Å². The predicted octanol–water partition coefficient (Wildman–Crippen LogP) is -0.229. The van der Waals surface area contributed by atoms with Crippen LogP contribution < -0.4 is 11.3 Å². The van der Waals surface area contributed by atoms with E-state index in [0.29, 0.717) is 5.65 Å². The lowest BCUT2D eigenvalue weighted by Gasteiger charge is -2.22. The number of fused-ring (bicyclic) bond motifs is 1. The summed E-state index contributed by atoms with van der Waals surface area (Å²) in [7, 11) is 6.64. The fraction of sp³-hybridized carbons (Fsp3) is 0.643. The Balaban J connectivity index is 0.000000322. The highest BCUT2D eigenvalue weighted by Crippen LogP contribution is 2.05. The fourth-order valence-electron chi connectivity index (χ4n) is 1.96. The average Bonchev–Trinajstić information content (AvgIpc) is 2.82. The van der Waals surface area contributed by atoms with Crippen molar-refractivity contribution in [3.8, 4) is 0 Å². The van der Waals surface area contributed by atoms with Gasteiger partial charge in [0.15, 0.2) is 11.2 Å². The number of nitrogens with zero attached hydrogens (tertiary/aromatic N) is 4. The van der Waals surface area contributed by atoms with E-state index in [2.05, 4.69) is 43.0 Å². The van der Waals surface area contributed by atoms with Gasteiger partial charge in [-0.2, -0.15) is 4.98 Å². The number of hydrogen-bond acceptors (Lipinski definition) is 6. The Labute approximate surface area is 135 Å². The highest BCUT2D eigenvalue weighted by atomic mass is 16.5. The standard InChI is InChI=1S/C8H11N5O3.C6H16N/c9-8-11-6-5(7(15)12-8)10-3-13(6)4-16-2-1-14;1-5-6-7(2,3)4/h3,14H,1-2,4H2,(H3,9,11,12,15);5-6H2,1-4H3/q;+1. The van der Waals surface area contributed by atoms with Gasteiger partial charge < -0.3 is 20.1 Å². The number of anilines is 1. The summed E-state index contributed by atoms with van der Waals surface area (Å²) in [5.74, 6) is 0.0291. The van der Waals surface area contributed by atoms with Crippen LogP contribution in [0.15, 0.2) is 11.1 Å². The molecule has 0 bridgehead atoms. The second-order valence-electron chi connectivity index (χ2n) is 6.11. The molecule has 0 saturated carbocycles. The number of hydrogen-bond donors (Lipinski definition) is 3. The van der Waals surface area contributed by atoms with E-state index in [1.165, 1.54) is 23.9 Å². The molecule has 0 amide bonds. The van der Waals surface area contributed by atoms with Gasteiger partial charge in [-0.25, -0.2) is 4.98 Å². The number of ether oxygens (including phenoxy) is 1. The quantitative estimate of drug-likeness (QED) is 0.498. The van der Waals surface area contributed by atoms with E-state index >= 15 is 0 Å². The van der Waals surface area contributed by atoms with Crippen LogP contribution in [0.1, 0.15) is 13.3 Å². The third kappa shape index (κ3) is 6.35. The van der Waals surface area contributed by atoms with E-state index in [1.807, 2.05) is 0 Å². The molecule has 2 aromatic heterocycles. The number of nitrogens with two attached hydrogens (primary N) is 1. The molecule has 0 aliphatic heterocycles. The van der Waals surface area contributed by atoms with E-state index in [9.17, 15) is 4.79 Å². The number of imidazole rings is 1. The van der Waals surface area contributed by atoms with Crippen LogP contribution in [0.5, 0.6) is 0 Å².